The van der Waals surface area contributed by atoms with Crippen LogP contribution in [0.2, 0.25) is 5.02 Å². The minimum atomic E-state index is -3.63. The number of benzene rings is 1. The van der Waals surface area contributed by atoms with Crippen LogP contribution in [0.5, 0.6) is 0 Å². The molecule has 0 atom stereocenters. The van der Waals surface area contributed by atoms with Crippen LogP contribution in [0.4, 0.5) is 0 Å². The second-order valence-electron chi connectivity index (χ2n) is 4.35. The lowest BCUT2D eigenvalue weighted by Crippen LogP contribution is -2.32. The van der Waals surface area contributed by atoms with Crippen molar-refractivity contribution in [3.05, 3.63) is 28.3 Å². The summed E-state index contributed by atoms with van der Waals surface area (Å²) < 4.78 is 26.5. The summed E-state index contributed by atoms with van der Waals surface area (Å²) in [6, 6.07) is 3.24. The summed E-state index contributed by atoms with van der Waals surface area (Å²) in [5.41, 5.74) is 1.55. The van der Waals surface area contributed by atoms with Crippen LogP contribution in [0.3, 0.4) is 0 Å². The van der Waals surface area contributed by atoms with Crippen LogP contribution in [0, 0.1) is 19.3 Å². The molecule has 0 aliphatic rings. The maximum absolute atomic E-state index is 12.6. The SMILES string of the molecule is C#CCN(CC)S(=O)(=O)c1cc(Cl)cc(CNC)c1C. The Morgan fingerprint density at radius 1 is 1.45 bits per heavy atom. The van der Waals surface area contributed by atoms with E-state index in [-0.39, 0.29) is 11.4 Å². The van der Waals surface area contributed by atoms with Crippen LogP contribution >= 0.6 is 11.6 Å². The first-order chi connectivity index (χ1) is 9.38. The molecule has 0 heterocycles. The van der Waals surface area contributed by atoms with Crippen molar-refractivity contribution in [3.8, 4) is 12.3 Å². The summed E-state index contributed by atoms with van der Waals surface area (Å²) in [7, 11) is -1.83. The fraction of sp³-hybridized carbons (Fsp3) is 0.429. The standard InChI is InChI=1S/C14H19ClN2O2S/c1-5-7-17(6-2)20(18,19)14-9-13(15)8-12(10-16-4)11(14)3/h1,8-9,16H,6-7,10H2,2-4H3. The Kier molecular flexibility index (Phi) is 6.03. The first kappa shape index (κ1) is 17.0. The van der Waals surface area contributed by atoms with Crippen LogP contribution in [0.1, 0.15) is 18.1 Å². The van der Waals surface area contributed by atoms with Crippen molar-refractivity contribution in [2.75, 3.05) is 20.1 Å². The van der Waals surface area contributed by atoms with Crippen LogP contribution in [0.15, 0.2) is 17.0 Å². The molecule has 0 unspecified atom stereocenters. The third kappa shape index (κ3) is 3.53. The third-order valence-electron chi connectivity index (χ3n) is 3.04. The van der Waals surface area contributed by atoms with Crippen LogP contribution in [-0.2, 0) is 16.6 Å². The molecule has 0 aromatic heterocycles. The molecular weight excluding hydrogens is 296 g/mol. The van der Waals surface area contributed by atoms with Crippen LogP contribution in [0.25, 0.3) is 0 Å². The molecule has 1 aromatic carbocycles. The summed E-state index contributed by atoms with van der Waals surface area (Å²) in [6.45, 7) is 4.45. The number of hydrogen-bond donors (Lipinski definition) is 1. The van der Waals surface area contributed by atoms with Crippen molar-refractivity contribution >= 4 is 21.6 Å². The molecule has 0 saturated heterocycles. The van der Waals surface area contributed by atoms with E-state index in [1.807, 2.05) is 0 Å². The Morgan fingerprint density at radius 2 is 2.10 bits per heavy atom. The van der Waals surface area contributed by atoms with Crippen molar-refractivity contribution < 1.29 is 8.42 Å². The van der Waals surface area contributed by atoms with Gasteiger partial charge in [-0.3, -0.25) is 0 Å². The summed E-state index contributed by atoms with van der Waals surface area (Å²) in [4.78, 5) is 0.215. The smallest absolute Gasteiger partial charge is 0.244 e. The normalized spacial score (nSPS) is 11.6. The van der Waals surface area contributed by atoms with Gasteiger partial charge in [0.15, 0.2) is 0 Å². The minimum absolute atomic E-state index is 0.0478. The lowest BCUT2D eigenvalue weighted by atomic mass is 10.1. The van der Waals surface area contributed by atoms with Gasteiger partial charge in [-0.2, -0.15) is 4.31 Å². The van der Waals surface area contributed by atoms with Crippen molar-refractivity contribution in [1.82, 2.24) is 9.62 Å². The van der Waals surface area contributed by atoms with E-state index in [0.29, 0.717) is 23.7 Å². The van der Waals surface area contributed by atoms with Gasteiger partial charge in [-0.1, -0.05) is 24.4 Å². The fourth-order valence-corrected chi connectivity index (χ4v) is 3.92. The van der Waals surface area contributed by atoms with Gasteiger partial charge in [0.1, 0.15) is 0 Å². The summed E-state index contributed by atoms with van der Waals surface area (Å²) >= 11 is 6.04. The first-order valence-corrected chi connectivity index (χ1v) is 8.07. The fourth-order valence-electron chi connectivity index (χ4n) is 1.96. The molecule has 0 radical (unpaired) electrons. The van der Waals surface area contributed by atoms with Gasteiger partial charge in [-0.15, -0.1) is 6.42 Å². The lowest BCUT2D eigenvalue weighted by molar-refractivity contribution is 0.463. The summed E-state index contributed by atoms with van der Waals surface area (Å²) in [5.74, 6) is 2.37. The number of hydrogen-bond acceptors (Lipinski definition) is 3. The van der Waals surface area contributed by atoms with Gasteiger partial charge >= 0.3 is 0 Å². The maximum atomic E-state index is 12.6. The first-order valence-electron chi connectivity index (χ1n) is 6.25. The zero-order chi connectivity index (χ0) is 15.3. The molecule has 0 spiro atoms. The second-order valence-corrected chi connectivity index (χ2v) is 6.70. The van der Waals surface area contributed by atoms with E-state index >= 15 is 0 Å². The molecule has 0 aliphatic heterocycles. The monoisotopic (exact) mass is 314 g/mol. The topological polar surface area (TPSA) is 49.4 Å². The summed E-state index contributed by atoms with van der Waals surface area (Å²) in [6.07, 6.45) is 5.23. The second kappa shape index (κ2) is 7.09. The molecule has 6 heteroatoms. The zero-order valence-corrected chi connectivity index (χ0v) is 13.5. The van der Waals surface area contributed by atoms with Gasteiger partial charge in [-0.25, -0.2) is 8.42 Å². The maximum Gasteiger partial charge on any atom is 0.244 e. The highest BCUT2D eigenvalue weighted by Gasteiger charge is 2.25. The van der Waals surface area contributed by atoms with Gasteiger partial charge in [-0.05, 0) is 37.2 Å². The molecule has 0 amide bonds. The van der Waals surface area contributed by atoms with Gasteiger partial charge in [0.25, 0.3) is 0 Å². The largest absolute Gasteiger partial charge is 0.316 e. The number of halogens is 1. The highest BCUT2D eigenvalue weighted by Crippen LogP contribution is 2.26. The van der Waals surface area contributed by atoms with E-state index in [4.69, 9.17) is 18.0 Å². The van der Waals surface area contributed by atoms with Crippen molar-refractivity contribution in [2.45, 2.75) is 25.3 Å². The van der Waals surface area contributed by atoms with E-state index in [1.165, 1.54) is 10.4 Å². The van der Waals surface area contributed by atoms with Gasteiger partial charge in [0.2, 0.25) is 10.0 Å². The molecule has 0 fully saturated rings. The molecule has 4 nitrogen and oxygen atoms in total. The van der Waals surface area contributed by atoms with Gasteiger partial charge in [0, 0.05) is 18.1 Å². The Labute approximate surface area is 126 Å². The molecular formula is C14H19ClN2O2S. The predicted octanol–water partition coefficient (Wildman–Crippen LogP) is 2.01. The molecule has 0 aliphatic carbocycles. The molecule has 0 saturated carbocycles. The predicted molar refractivity (Wildman–Crippen MR) is 82.2 cm³/mol. The third-order valence-corrected chi connectivity index (χ3v) is 5.30. The van der Waals surface area contributed by atoms with Crippen molar-refractivity contribution in [2.24, 2.45) is 0 Å². The molecule has 20 heavy (non-hydrogen) atoms. The molecule has 0 bridgehead atoms. The average Bonchev–Trinajstić information content (AvgIpc) is 2.39. The molecule has 1 rings (SSSR count). The number of terminal acetylenes is 1. The minimum Gasteiger partial charge on any atom is -0.316 e. The van der Waals surface area contributed by atoms with Crippen molar-refractivity contribution in [3.63, 3.8) is 0 Å². The quantitative estimate of drug-likeness (QED) is 0.817. The van der Waals surface area contributed by atoms with E-state index < -0.39 is 10.0 Å². The molecule has 1 N–H and O–H groups in total. The Hall–Kier alpha value is -1.06. The Balaban J connectivity index is 3.42. The molecule has 1 aromatic rings. The highest BCUT2D eigenvalue weighted by atomic mass is 35.5. The van der Waals surface area contributed by atoms with Gasteiger partial charge < -0.3 is 5.32 Å². The summed E-state index contributed by atoms with van der Waals surface area (Å²) in [5, 5.41) is 3.40. The van der Waals surface area contributed by atoms with Gasteiger partial charge in [0.05, 0.1) is 11.4 Å². The number of sulfonamides is 1. The van der Waals surface area contributed by atoms with E-state index in [0.717, 1.165) is 5.56 Å². The Bertz CT molecular complexity index is 621. The van der Waals surface area contributed by atoms with E-state index in [2.05, 4.69) is 11.2 Å². The van der Waals surface area contributed by atoms with E-state index in [9.17, 15) is 8.42 Å². The van der Waals surface area contributed by atoms with E-state index in [1.54, 1.807) is 27.0 Å². The molecule has 110 valence electrons. The number of nitrogens with zero attached hydrogens (tertiary/aromatic N) is 1. The van der Waals surface area contributed by atoms with Crippen molar-refractivity contribution in [1.29, 1.82) is 0 Å². The lowest BCUT2D eigenvalue weighted by Gasteiger charge is -2.20. The van der Waals surface area contributed by atoms with Crippen LogP contribution < -0.4 is 5.32 Å². The zero-order valence-electron chi connectivity index (χ0n) is 11.9. The highest BCUT2D eigenvalue weighted by molar-refractivity contribution is 7.89. The Morgan fingerprint density at radius 3 is 2.60 bits per heavy atom. The number of rotatable bonds is 6. The average molecular weight is 315 g/mol. The van der Waals surface area contributed by atoms with Crippen LogP contribution in [-0.4, -0.2) is 32.9 Å². The number of nitrogens with one attached hydrogen (secondary N) is 1.